The Morgan fingerprint density at radius 3 is 2.53 bits per heavy atom. The van der Waals surface area contributed by atoms with Crippen LogP contribution in [0.3, 0.4) is 0 Å². The Labute approximate surface area is 175 Å². The van der Waals surface area contributed by atoms with Gasteiger partial charge in [-0.2, -0.15) is 0 Å². The third-order valence-electron chi connectivity index (χ3n) is 4.30. The largest absolute Gasteiger partial charge is 0.507 e. The summed E-state index contributed by atoms with van der Waals surface area (Å²) in [6, 6.07) is 16.2. The maximum Gasteiger partial charge on any atom is 0.239 e. The van der Waals surface area contributed by atoms with Crippen LogP contribution in [-0.4, -0.2) is 30.2 Å². The highest BCUT2D eigenvalue weighted by Crippen LogP contribution is 2.36. The van der Waals surface area contributed by atoms with Gasteiger partial charge in [-0.25, -0.2) is 17.8 Å². The number of benzene rings is 3. The number of nitrogens with zero attached hydrogens (tertiary/aromatic N) is 1. The van der Waals surface area contributed by atoms with Gasteiger partial charge in [0.2, 0.25) is 5.91 Å². The van der Waals surface area contributed by atoms with E-state index in [1.807, 2.05) is 24.3 Å². The molecule has 1 aromatic heterocycles. The van der Waals surface area contributed by atoms with Crippen molar-refractivity contribution in [2.24, 2.45) is 0 Å². The molecule has 3 aromatic carbocycles. The highest BCUT2D eigenvalue weighted by Gasteiger charge is 2.20. The van der Waals surface area contributed by atoms with Gasteiger partial charge in [0.1, 0.15) is 22.3 Å². The Morgan fingerprint density at radius 2 is 1.80 bits per heavy atom. The van der Waals surface area contributed by atoms with Crippen LogP contribution < -0.4 is 5.32 Å². The number of anilines is 1. The van der Waals surface area contributed by atoms with Crippen molar-refractivity contribution in [1.82, 2.24) is 4.98 Å². The molecule has 152 valence electrons. The average Bonchev–Trinajstić information content (AvgIpc) is 3.13. The van der Waals surface area contributed by atoms with Gasteiger partial charge in [-0.05, 0) is 54.6 Å². The maximum atomic E-state index is 13.0. The molecule has 1 heterocycles. The number of carbonyl (C=O) groups excluding carboxylic acids is 1. The molecule has 4 rings (SSSR count). The van der Waals surface area contributed by atoms with E-state index in [0.717, 1.165) is 34.5 Å². The van der Waals surface area contributed by atoms with E-state index in [2.05, 4.69) is 10.3 Å². The van der Waals surface area contributed by atoms with E-state index in [1.54, 1.807) is 0 Å². The van der Waals surface area contributed by atoms with Crippen LogP contribution in [0.15, 0.2) is 71.6 Å². The molecule has 0 aliphatic carbocycles. The number of phenolic OH excluding ortho intramolecular Hbond substituents is 1. The molecule has 2 N–H and O–H groups in total. The van der Waals surface area contributed by atoms with E-state index in [1.165, 1.54) is 29.5 Å². The lowest BCUT2D eigenvalue weighted by molar-refractivity contribution is -0.113. The number of phenols is 1. The van der Waals surface area contributed by atoms with Crippen LogP contribution in [0.2, 0.25) is 0 Å². The Hall–Kier alpha value is -3.30. The van der Waals surface area contributed by atoms with Crippen molar-refractivity contribution >= 4 is 43.0 Å². The Bertz CT molecular complexity index is 1320. The van der Waals surface area contributed by atoms with E-state index >= 15 is 0 Å². The smallest absolute Gasteiger partial charge is 0.239 e. The molecule has 0 fully saturated rings. The fraction of sp³-hybridized carbons (Fsp3) is 0.0476. The Morgan fingerprint density at radius 1 is 1.07 bits per heavy atom. The quantitative estimate of drug-likeness (QED) is 0.356. The van der Waals surface area contributed by atoms with Gasteiger partial charge >= 0.3 is 0 Å². The molecule has 1 amide bonds. The van der Waals surface area contributed by atoms with Gasteiger partial charge in [-0.15, -0.1) is 11.3 Å². The second-order valence-corrected chi connectivity index (χ2v) is 9.50. The molecule has 9 heteroatoms. The summed E-state index contributed by atoms with van der Waals surface area (Å²) in [6.07, 6.45) is 0. The summed E-state index contributed by atoms with van der Waals surface area (Å²) in [4.78, 5) is 16.7. The van der Waals surface area contributed by atoms with Crippen molar-refractivity contribution in [1.29, 1.82) is 0 Å². The standard InChI is InChI=1S/C21H15FN2O4S2/c22-13-5-8-15(9-6-13)30(27,28)12-20(26)23-14-7-10-18(25)16(11-14)21-24-17-3-1-2-4-19(17)29-21/h1-11,25H,12H2,(H,23,26). The molecule has 6 nitrogen and oxygen atoms in total. The summed E-state index contributed by atoms with van der Waals surface area (Å²) < 4.78 is 38.7. The van der Waals surface area contributed by atoms with Crippen LogP contribution in [0.4, 0.5) is 10.1 Å². The Balaban J connectivity index is 1.55. The summed E-state index contributed by atoms with van der Waals surface area (Å²) in [5.74, 6) is -2.12. The van der Waals surface area contributed by atoms with Crippen LogP contribution >= 0.6 is 11.3 Å². The van der Waals surface area contributed by atoms with E-state index in [4.69, 9.17) is 0 Å². The molecular formula is C21H15FN2O4S2. The number of nitrogens with one attached hydrogen (secondary N) is 1. The van der Waals surface area contributed by atoms with Gasteiger partial charge in [0.05, 0.1) is 20.7 Å². The second kappa shape index (κ2) is 7.85. The van der Waals surface area contributed by atoms with Gasteiger partial charge in [-0.1, -0.05) is 12.1 Å². The molecule has 0 atom stereocenters. The molecule has 4 aromatic rings. The first kappa shape index (κ1) is 20.0. The minimum absolute atomic E-state index is 0.00834. The number of carbonyl (C=O) groups is 1. The third-order valence-corrected chi connectivity index (χ3v) is 7.00. The first-order valence-electron chi connectivity index (χ1n) is 8.79. The fourth-order valence-corrected chi connectivity index (χ4v) is 4.99. The zero-order chi connectivity index (χ0) is 21.3. The predicted molar refractivity (Wildman–Crippen MR) is 114 cm³/mol. The Kier molecular flexibility index (Phi) is 5.23. The molecule has 0 aliphatic rings. The number of aromatic nitrogens is 1. The average molecular weight is 442 g/mol. The number of halogens is 1. The third kappa shape index (κ3) is 4.17. The first-order chi connectivity index (χ1) is 14.3. The molecule has 0 saturated heterocycles. The molecule has 0 bridgehead atoms. The lowest BCUT2D eigenvalue weighted by atomic mass is 10.2. The van der Waals surface area contributed by atoms with E-state index in [0.29, 0.717) is 16.3 Å². The van der Waals surface area contributed by atoms with Crippen LogP contribution in [0.1, 0.15) is 0 Å². The molecule has 0 radical (unpaired) electrons. The number of thiazole rings is 1. The van der Waals surface area contributed by atoms with Crippen LogP contribution in [0.25, 0.3) is 20.8 Å². The van der Waals surface area contributed by atoms with E-state index in [-0.39, 0.29) is 10.6 Å². The lowest BCUT2D eigenvalue weighted by Gasteiger charge is -2.09. The first-order valence-corrected chi connectivity index (χ1v) is 11.3. The minimum atomic E-state index is -3.92. The van der Waals surface area contributed by atoms with Gasteiger partial charge in [0.15, 0.2) is 9.84 Å². The number of fused-ring (bicyclic) bond motifs is 1. The summed E-state index contributed by atoms with van der Waals surface area (Å²) in [7, 11) is -3.92. The predicted octanol–water partition coefficient (Wildman–Crippen LogP) is 4.22. The summed E-state index contributed by atoms with van der Waals surface area (Å²) in [5, 5.41) is 13.3. The van der Waals surface area contributed by atoms with Crippen molar-refractivity contribution in [2.75, 3.05) is 11.1 Å². The van der Waals surface area contributed by atoms with Crippen LogP contribution in [0.5, 0.6) is 5.75 Å². The van der Waals surface area contributed by atoms with Crippen molar-refractivity contribution in [2.45, 2.75) is 4.90 Å². The molecule has 0 aliphatic heterocycles. The zero-order valence-electron chi connectivity index (χ0n) is 15.4. The van der Waals surface area contributed by atoms with Crippen LogP contribution in [0, 0.1) is 5.82 Å². The molecule has 0 spiro atoms. The number of hydrogen-bond donors (Lipinski definition) is 2. The number of aromatic hydroxyl groups is 1. The lowest BCUT2D eigenvalue weighted by Crippen LogP contribution is -2.23. The maximum absolute atomic E-state index is 13.0. The highest BCUT2D eigenvalue weighted by atomic mass is 32.2. The van der Waals surface area contributed by atoms with E-state index in [9.17, 15) is 22.7 Å². The number of para-hydroxylation sites is 1. The zero-order valence-corrected chi connectivity index (χ0v) is 17.0. The SMILES string of the molecule is O=C(CS(=O)(=O)c1ccc(F)cc1)Nc1ccc(O)c(-c2nc3ccccc3s2)c1. The summed E-state index contributed by atoms with van der Waals surface area (Å²) in [6.45, 7) is 0. The minimum Gasteiger partial charge on any atom is -0.507 e. The summed E-state index contributed by atoms with van der Waals surface area (Å²) in [5.41, 5.74) is 1.54. The van der Waals surface area contributed by atoms with Gasteiger partial charge in [0, 0.05) is 5.69 Å². The second-order valence-electron chi connectivity index (χ2n) is 6.48. The molecular weight excluding hydrogens is 427 g/mol. The number of amides is 1. The number of sulfone groups is 1. The van der Waals surface area contributed by atoms with Gasteiger partial charge in [0.25, 0.3) is 0 Å². The normalized spacial score (nSPS) is 11.5. The molecule has 30 heavy (non-hydrogen) atoms. The van der Waals surface area contributed by atoms with Crippen molar-refractivity contribution in [3.05, 3.63) is 72.5 Å². The highest BCUT2D eigenvalue weighted by molar-refractivity contribution is 7.92. The van der Waals surface area contributed by atoms with Crippen molar-refractivity contribution in [3.8, 4) is 16.3 Å². The van der Waals surface area contributed by atoms with Crippen LogP contribution in [-0.2, 0) is 14.6 Å². The number of hydrogen-bond acceptors (Lipinski definition) is 6. The topological polar surface area (TPSA) is 96.4 Å². The van der Waals surface area contributed by atoms with E-state index < -0.39 is 27.3 Å². The van der Waals surface area contributed by atoms with Gasteiger partial charge < -0.3 is 10.4 Å². The van der Waals surface area contributed by atoms with Crippen molar-refractivity contribution < 1.29 is 22.7 Å². The molecule has 0 unspecified atom stereocenters. The van der Waals surface area contributed by atoms with Gasteiger partial charge in [-0.3, -0.25) is 4.79 Å². The van der Waals surface area contributed by atoms with Crippen molar-refractivity contribution in [3.63, 3.8) is 0 Å². The fourth-order valence-electron chi connectivity index (χ4n) is 2.87. The molecule has 0 saturated carbocycles. The monoisotopic (exact) mass is 442 g/mol. The number of rotatable bonds is 5. The summed E-state index contributed by atoms with van der Waals surface area (Å²) >= 11 is 1.39.